The van der Waals surface area contributed by atoms with E-state index < -0.39 is 11.7 Å². The van der Waals surface area contributed by atoms with Crippen LogP contribution in [0, 0.1) is 5.82 Å². The summed E-state index contributed by atoms with van der Waals surface area (Å²) in [5.41, 5.74) is 2.74. The van der Waals surface area contributed by atoms with Crippen molar-refractivity contribution >= 4 is 23.4 Å². The van der Waals surface area contributed by atoms with E-state index in [1.807, 2.05) is 12.1 Å². The van der Waals surface area contributed by atoms with Crippen molar-refractivity contribution in [3.63, 3.8) is 0 Å². The molecule has 0 saturated carbocycles. The number of nitrogens with one attached hydrogen (secondary N) is 2. The zero-order chi connectivity index (χ0) is 23.0. The van der Waals surface area contributed by atoms with Gasteiger partial charge >= 0.3 is 0 Å². The van der Waals surface area contributed by atoms with E-state index >= 15 is 0 Å². The van der Waals surface area contributed by atoms with Crippen LogP contribution in [0.25, 0.3) is 0 Å². The third-order valence-electron chi connectivity index (χ3n) is 4.54. The molecule has 31 heavy (non-hydrogen) atoms. The first-order valence-electron chi connectivity index (χ1n) is 9.96. The van der Waals surface area contributed by atoms with Crippen LogP contribution >= 0.6 is 11.6 Å². The second-order valence-electron chi connectivity index (χ2n) is 8.24. The number of carbonyl (C=O) groups excluding carboxylic acids is 2. The predicted octanol–water partition coefficient (Wildman–Crippen LogP) is 4.88. The van der Waals surface area contributed by atoms with Crippen molar-refractivity contribution in [2.24, 2.45) is 0 Å². The minimum Gasteiger partial charge on any atom is -0.484 e. The molecule has 0 heterocycles. The minimum absolute atomic E-state index is 0.0228. The summed E-state index contributed by atoms with van der Waals surface area (Å²) in [7, 11) is 0. The van der Waals surface area contributed by atoms with Crippen molar-refractivity contribution in [2.45, 2.75) is 45.6 Å². The van der Waals surface area contributed by atoms with Gasteiger partial charge in [-0.25, -0.2) is 4.39 Å². The quantitative estimate of drug-likeness (QED) is 0.576. The molecule has 2 rings (SSSR count). The van der Waals surface area contributed by atoms with Crippen LogP contribution in [0.3, 0.4) is 0 Å². The lowest BCUT2D eigenvalue weighted by molar-refractivity contribution is -0.123. The highest BCUT2D eigenvalue weighted by Gasteiger charge is 2.13. The summed E-state index contributed by atoms with van der Waals surface area (Å²) in [6.45, 7) is 10.3. The summed E-state index contributed by atoms with van der Waals surface area (Å²) < 4.78 is 18.6. The topological polar surface area (TPSA) is 67.4 Å². The average Bonchev–Trinajstić information content (AvgIpc) is 2.71. The Balaban J connectivity index is 1.67. The molecule has 2 amide bonds. The lowest BCUT2D eigenvalue weighted by Crippen LogP contribution is -2.29. The first-order chi connectivity index (χ1) is 14.5. The average molecular weight is 447 g/mol. The molecular weight excluding hydrogens is 419 g/mol. The van der Waals surface area contributed by atoms with E-state index in [9.17, 15) is 14.0 Å². The Labute approximate surface area is 187 Å². The van der Waals surface area contributed by atoms with Crippen LogP contribution in [0.5, 0.6) is 5.75 Å². The van der Waals surface area contributed by atoms with Gasteiger partial charge < -0.3 is 15.4 Å². The maximum Gasteiger partial charge on any atom is 0.262 e. The largest absolute Gasteiger partial charge is 0.484 e. The SMILES string of the molecule is C=C(CCC(=O)NCc1ccc(C(C)(C)C)cc1)NC(=O)COc1ccc(Cl)c(F)c1. The van der Waals surface area contributed by atoms with E-state index in [1.165, 1.54) is 17.7 Å². The lowest BCUT2D eigenvalue weighted by atomic mass is 9.87. The highest BCUT2D eigenvalue weighted by Crippen LogP contribution is 2.22. The summed E-state index contributed by atoms with van der Waals surface area (Å²) in [4.78, 5) is 24.0. The van der Waals surface area contributed by atoms with Crippen LogP contribution in [-0.4, -0.2) is 18.4 Å². The molecule has 0 aliphatic heterocycles. The molecule has 7 heteroatoms. The highest BCUT2D eigenvalue weighted by molar-refractivity contribution is 6.30. The van der Waals surface area contributed by atoms with E-state index in [2.05, 4.69) is 50.1 Å². The summed E-state index contributed by atoms with van der Waals surface area (Å²) >= 11 is 5.60. The molecule has 166 valence electrons. The van der Waals surface area contributed by atoms with Crippen LogP contribution in [0.1, 0.15) is 44.7 Å². The van der Waals surface area contributed by atoms with Crippen LogP contribution in [0.15, 0.2) is 54.7 Å². The number of hydrogen-bond donors (Lipinski definition) is 2. The summed E-state index contributed by atoms with van der Waals surface area (Å²) in [5.74, 6) is -1.01. The Morgan fingerprint density at radius 3 is 2.35 bits per heavy atom. The lowest BCUT2D eigenvalue weighted by Gasteiger charge is -2.19. The molecule has 0 aromatic heterocycles. The molecule has 0 atom stereocenters. The fraction of sp³-hybridized carbons (Fsp3) is 0.333. The van der Waals surface area contributed by atoms with Gasteiger partial charge in [-0.05, 0) is 35.1 Å². The highest BCUT2D eigenvalue weighted by atomic mass is 35.5. The number of ether oxygens (including phenoxy) is 1. The van der Waals surface area contributed by atoms with Gasteiger partial charge in [0.25, 0.3) is 5.91 Å². The maximum atomic E-state index is 13.4. The predicted molar refractivity (Wildman–Crippen MR) is 120 cm³/mol. The molecule has 0 aliphatic rings. The molecule has 0 fully saturated rings. The number of allylic oxidation sites excluding steroid dienone is 1. The van der Waals surface area contributed by atoms with Gasteiger partial charge in [-0.1, -0.05) is 63.2 Å². The van der Waals surface area contributed by atoms with Gasteiger partial charge in [0.05, 0.1) is 5.02 Å². The fourth-order valence-electron chi connectivity index (χ4n) is 2.69. The second kappa shape index (κ2) is 11.0. The van der Waals surface area contributed by atoms with Crippen molar-refractivity contribution in [1.82, 2.24) is 10.6 Å². The minimum atomic E-state index is -0.625. The summed E-state index contributed by atoms with van der Waals surface area (Å²) in [6, 6.07) is 12.1. The Bertz CT molecular complexity index is 937. The molecule has 0 radical (unpaired) electrons. The van der Waals surface area contributed by atoms with Gasteiger partial charge in [0.15, 0.2) is 6.61 Å². The summed E-state index contributed by atoms with van der Waals surface area (Å²) in [6.07, 6.45) is 0.499. The third-order valence-corrected chi connectivity index (χ3v) is 4.85. The first-order valence-corrected chi connectivity index (χ1v) is 10.3. The van der Waals surface area contributed by atoms with Gasteiger partial charge in [-0.3, -0.25) is 9.59 Å². The molecule has 5 nitrogen and oxygen atoms in total. The first kappa shape index (κ1) is 24.4. The zero-order valence-electron chi connectivity index (χ0n) is 18.1. The Kier molecular flexibility index (Phi) is 8.63. The molecular formula is C24H28ClFN2O3. The van der Waals surface area contributed by atoms with Crippen molar-refractivity contribution in [1.29, 1.82) is 0 Å². The van der Waals surface area contributed by atoms with Crippen molar-refractivity contribution < 1.29 is 18.7 Å². The summed E-state index contributed by atoms with van der Waals surface area (Å²) in [5, 5.41) is 5.40. The van der Waals surface area contributed by atoms with Crippen LogP contribution in [0.2, 0.25) is 5.02 Å². The molecule has 2 aromatic rings. The molecule has 0 unspecified atom stereocenters. The van der Waals surface area contributed by atoms with Crippen LogP contribution in [-0.2, 0) is 21.5 Å². The van der Waals surface area contributed by atoms with Gasteiger partial charge in [0.1, 0.15) is 11.6 Å². The van der Waals surface area contributed by atoms with E-state index in [-0.39, 0.29) is 35.1 Å². The van der Waals surface area contributed by atoms with Crippen molar-refractivity contribution in [2.75, 3.05) is 6.61 Å². The number of rotatable bonds is 9. The molecule has 0 saturated heterocycles. The molecule has 0 bridgehead atoms. The Morgan fingerprint density at radius 1 is 1.06 bits per heavy atom. The molecule has 0 spiro atoms. The van der Waals surface area contributed by atoms with Gasteiger partial charge in [-0.15, -0.1) is 0 Å². The van der Waals surface area contributed by atoms with Gasteiger partial charge in [0, 0.05) is 24.7 Å². The van der Waals surface area contributed by atoms with Gasteiger partial charge in [0.2, 0.25) is 5.91 Å². The standard InChI is InChI=1S/C24H28ClFN2O3/c1-16(28-23(30)15-31-19-10-11-20(25)21(26)13-19)5-12-22(29)27-14-17-6-8-18(9-7-17)24(2,3)4/h6-11,13H,1,5,12,14-15H2,2-4H3,(H,27,29)(H,28,30). The molecule has 2 aromatic carbocycles. The normalized spacial score (nSPS) is 11.0. The maximum absolute atomic E-state index is 13.4. The second-order valence-corrected chi connectivity index (χ2v) is 8.65. The van der Waals surface area contributed by atoms with E-state index in [0.29, 0.717) is 18.7 Å². The van der Waals surface area contributed by atoms with Crippen molar-refractivity contribution in [3.05, 3.63) is 76.7 Å². The fourth-order valence-corrected chi connectivity index (χ4v) is 2.80. The van der Waals surface area contributed by atoms with Crippen LogP contribution in [0.4, 0.5) is 4.39 Å². The number of carbonyl (C=O) groups is 2. The number of hydrogen-bond acceptors (Lipinski definition) is 3. The Hall–Kier alpha value is -2.86. The van der Waals surface area contributed by atoms with E-state index in [1.54, 1.807) is 0 Å². The number of halogens is 2. The van der Waals surface area contributed by atoms with Gasteiger partial charge in [-0.2, -0.15) is 0 Å². The zero-order valence-corrected chi connectivity index (χ0v) is 18.8. The molecule has 0 aliphatic carbocycles. The number of amides is 2. The Morgan fingerprint density at radius 2 is 1.74 bits per heavy atom. The van der Waals surface area contributed by atoms with E-state index in [0.717, 1.165) is 11.6 Å². The van der Waals surface area contributed by atoms with Crippen LogP contribution < -0.4 is 15.4 Å². The van der Waals surface area contributed by atoms with Crippen molar-refractivity contribution in [3.8, 4) is 5.75 Å². The van der Waals surface area contributed by atoms with E-state index in [4.69, 9.17) is 16.3 Å². The third kappa shape index (κ3) is 8.42. The molecule has 2 N–H and O–H groups in total. The monoisotopic (exact) mass is 446 g/mol. The number of benzene rings is 2. The smallest absolute Gasteiger partial charge is 0.262 e.